The number of nitrogens with zero attached hydrogens (tertiary/aromatic N) is 1. The smallest absolute Gasteiger partial charge is 0.127 e. The molecule has 3 nitrogen and oxygen atoms in total. The number of piperidine rings is 1. The van der Waals surface area contributed by atoms with Gasteiger partial charge in [-0.05, 0) is 68.1 Å². The summed E-state index contributed by atoms with van der Waals surface area (Å²) in [7, 11) is 3.86. The van der Waals surface area contributed by atoms with E-state index in [2.05, 4.69) is 35.5 Å². The van der Waals surface area contributed by atoms with Crippen LogP contribution in [0.2, 0.25) is 0 Å². The molecule has 4 heteroatoms. The Balaban J connectivity index is 1.93. The van der Waals surface area contributed by atoms with Crippen molar-refractivity contribution in [3.8, 4) is 0 Å². The van der Waals surface area contributed by atoms with Gasteiger partial charge in [0.2, 0.25) is 0 Å². The average molecular weight is 341 g/mol. The number of hydrogen-bond donors (Lipinski definition) is 1. The number of ether oxygens (including phenoxy) is 1. The summed E-state index contributed by atoms with van der Waals surface area (Å²) in [6.07, 6.45) is 12.2. The molecule has 1 aliphatic heterocycles. The standard InChI is InChI=1S/C20H23NO2S/c1-21-11-7-15(8-12-21)20(22)10-3-4-14-5-6-17(23-2)16-9-13-24-19(16)18(14)20/h3-6,9-10,13,15,22H,7-8,11-12H2,1-2H3. The second-order valence-electron chi connectivity index (χ2n) is 6.82. The van der Waals surface area contributed by atoms with E-state index in [0.717, 1.165) is 52.6 Å². The van der Waals surface area contributed by atoms with Crippen molar-refractivity contribution < 1.29 is 9.84 Å². The van der Waals surface area contributed by atoms with Crippen LogP contribution in [0.4, 0.5) is 0 Å². The minimum Gasteiger partial charge on any atom is -0.496 e. The van der Waals surface area contributed by atoms with Gasteiger partial charge in [0.1, 0.15) is 11.4 Å². The van der Waals surface area contributed by atoms with Crippen LogP contribution in [0, 0.1) is 5.92 Å². The Morgan fingerprint density at radius 1 is 1.29 bits per heavy atom. The third-order valence-electron chi connectivity index (χ3n) is 5.45. The monoisotopic (exact) mass is 341 g/mol. The SMILES string of the molecule is COC1=c2ccsc2=C2C(=CC=CC2(O)C2CCN(C)CC2)C=C1. The fourth-order valence-electron chi connectivity index (χ4n) is 4.07. The summed E-state index contributed by atoms with van der Waals surface area (Å²) < 4.78 is 6.71. The van der Waals surface area contributed by atoms with Crippen LogP contribution in [0.1, 0.15) is 12.8 Å². The molecule has 1 fully saturated rings. The van der Waals surface area contributed by atoms with E-state index in [1.807, 2.05) is 18.2 Å². The molecule has 1 aromatic heterocycles. The first-order valence-corrected chi connectivity index (χ1v) is 9.37. The van der Waals surface area contributed by atoms with E-state index in [4.69, 9.17) is 4.74 Å². The third-order valence-corrected chi connectivity index (χ3v) is 6.38. The minimum absolute atomic E-state index is 0.246. The van der Waals surface area contributed by atoms with Gasteiger partial charge in [0.25, 0.3) is 0 Å². The van der Waals surface area contributed by atoms with Crippen molar-refractivity contribution >= 4 is 22.7 Å². The van der Waals surface area contributed by atoms with Gasteiger partial charge in [0.05, 0.1) is 7.11 Å². The maximum absolute atomic E-state index is 11.8. The highest BCUT2D eigenvalue weighted by atomic mass is 32.1. The Labute approximate surface area is 146 Å². The van der Waals surface area contributed by atoms with Crippen LogP contribution < -0.4 is 9.75 Å². The Kier molecular flexibility index (Phi) is 3.99. The van der Waals surface area contributed by atoms with Gasteiger partial charge in [-0.2, -0.15) is 0 Å². The van der Waals surface area contributed by atoms with E-state index in [0.29, 0.717) is 0 Å². The minimum atomic E-state index is -0.904. The molecule has 0 spiro atoms. The van der Waals surface area contributed by atoms with Gasteiger partial charge in [0.15, 0.2) is 0 Å². The van der Waals surface area contributed by atoms with Crippen LogP contribution in [0.3, 0.4) is 0 Å². The highest BCUT2D eigenvalue weighted by molar-refractivity contribution is 7.07. The summed E-state index contributed by atoms with van der Waals surface area (Å²) in [4.78, 5) is 2.34. The Morgan fingerprint density at radius 2 is 2.08 bits per heavy atom. The van der Waals surface area contributed by atoms with Crippen LogP contribution in [-0.4, -0.2) is 42.9 Å². The molecule has 0 amide bonds. The molecule has 0 aromatic carbocycles. The molecular weight excluding hydrogens is 318 g/mol. The number of fused-ring (bicyclic) bond motifs is 2. The molecule has 1 atom stereocenters. The van der Waals surface area contributed by atoms with Crippen molar-refractivity contribution in [1.82, 2.24) is 4.90 Å². The molecule has 0 bridgehead atoms. The van der Waals surface area contributed by atoms with Crippen LogP contribution in [0.25, 0.3) is 11.3 Å². The third kappa shape index (κ3) is 2.41. The molecule has 1 N–H and O–H groups in total. The van der Waals surface area contributed by atoms with Crippen LogP contribution >= 0.6 is 11.3 Å². The summed E-state index contributed by atoms with van der Waals surface area (Å²) >= 11 is 1.69. The van der Waals surface area contributed by atoms with Crippen molar-refractivity contribution in [2.45, 2.75) is 18.4 Å². The summed E-state index contributed by atoms with van der Waals surface area (Å²) in [5.41, 5.74) is 1.24. The second kappa shape index (κ2) is 6.03. The zero-order valence-electron chi connectivity index (χ0n) is 14.2. The number of hydrogen-bond acceptors (Lipinski definition) is 4. The molecule has 0 saturated carbocycles. The highest BCUT2D eigenvalue weighted by Crippen LogP contribution is 2.41. The van der Waals surface area contributed by atoms with Crippen LogP contribution in [0.5, 0.6) is 0 Å². The Morgan fingerprint density at radius 3 is 2.83 bits per heavy atom. The molecule has 2 aliphatic carbocycles. The van der Waals surface area contributed by atoms with E-state index in [1.54, 1.807) is 18.4 Å². The quantitative estimate of drug-likeness (QED) is 0.890. The molecule has 0 radical (unpaired) electrons. The Bertz CT molecular complexity index is 852. The first-order valence-electron chi connectivity index (χ1n) is 8.49. The number of thiophene rings is 1. The fourth-order valence-corrected chi connectivity index (χ4v) is 5.10. The average Bonchev–Trinajstić information content (AvgIpc) is 2.99. The van der Waals surface area contributed by atoms with Crippen molar-refractivity contribution in [2.24, 2.45) is 5.92 Å². The molecule has 1 unspecified atom stereocenters. The molecule has 126 valence electrons. The number of methoxy groups -OCH3 is 1. The molecule has 2 heterocycles. The normalized spacial score (nSPS) is 27.5. The van der Waals surface area contributed by atoms with E-state index in [1.165, 1.54) is 0 Å². The predicted octanol–water partition coefficient (Wildman–Crippen LogP) is 1.79. The van der Waals surface area contributed by atoms with Crippen molar-refractivity contribution in [3.05, 3.63) is 57.2 Å². The van der Waals surface area contributed by atoms with Gasteiger partial charge in [-0.3, -0.25) is 0 Å². The summed E-state index contributed by atoms with van der Waals surface area (Å²) in [5, 5.41) is 14.9. The maximum atomic E-state index is 11.8. The largest absolute Gasteiger partial charge is 0.496 e. The first kappa shape index (κ1) is 15.9. The topological polar surface area (TPSA) is 32.7 Å². The van der Waals surface area contributed by atoms with Crippen LogP contribution in [0.15, 0.2) is 47.4 Å². The predicted molar refractivity (Wildman–Crippen MR) is 98.9 cm³/mol. The lowest BCUT2D eigenvalue weighted by molar-refractivity contribution is 0.0463. The molecular formula is C20H23NO2S. The molecule has 4 rings (SSSR count). The van der Waals surface area contributed by atoms with Gasteiger partial charge >= 0.3 is 0 Å². The molecule has 24 heavy (non-hydrogen) atoms. The van der Waals surface area contributed by atoms with Gasteiger partial charge in [-0.15, -0.1) is 11.3 Å². The van der Waals surface area contributed by atoms with Gasteiger partial charge in [-0.1, -0.05) is 18.2 Å². The summed E-state index contributed by atoms with van der Waals surface area (Å²) in [6, 6.07) is 2.09. The summed E-state index contributed by atoms with van der Waals surface area (Å²) in [5.74, 6) is 1.11. The van der Waals surface area contributed by atoms with E-state index < -0.39 is 5.60 Å². The number of rotatable bonds is 2. The first-order chi connectivity index (χ1) is 11.6. The Hall–Kier alpha value is -1.62. The lowest BCUT2D eigenvalue weighted by atomic mass is 9.71. The lowest BCUT2D eigenvalue weighted by Gasteiger charge is -2.41. The molecule has 1 aromatic rings. The lowest BCUT2D eigenvalue weighted by Crippen LogP contribution is -2.47. The van der Waals surface area contributed by atoms with Crippen molar-refractivity contribution in [2.75, 3.05) is 27.2 Å². The van der Waals surface area contributed by atoms with Gasteiger partial charge in [0, 0.05) is 15.3 Å². The van der Waals surface area contributed by atoms with Crippen molar-refractivity contribution in [1.29, 1.82) is 0 Å². The number of likely N-dealkylation sites (tertiary alicyclic amines) is 1. The molecule has 1 saturated heterocycles. The molecule has 3 aliphatic rings. The number of aliphatic hydroxyl groups is 1. The fraction of sp³-hybridized carbons (Fsp3) is 0.400. The van der Waals surface area contributed by atoms with E-state index in [-0.39, 0.29) is 5.92 Å². The zero-order chi connectivity index (χ0) is 16.7. The van der Waals surface area contributed by atoms with Gasteiger partial charge < -0.3 is 14.7 Å². The summed E-state index contributed by atoms with van der Waals surface area (Å²) in [6.45, 7) is 2.07. The van der Waals surface area contributed by atoms with E-state index >= 15 is 0 Å². The van der Waals surface area contributed by atoms with Crippen molar-refractivity contribution in [3.63, 3.8) is 0 Å². The van der Waals surface area contributed by atoms with Gasteiger partial charge in [-0.25, -0.2) is 0 Å². The maximum Gasteiger partial charge on any atom is 0.127 e. The van der Waals surface area contributed by atoms with E-state index in [9.17, 15) is 5.11 Å². The second-order valence-corrected chi connectivity index (χ2v) is 7.74. The van der Waals surface area contributed by atoms with Crippen LogP contribution in [-0.2, 0) is 4.74 Å². The zero-order valence-corrected chi connectivity index (χ0v) is 15.0. The highest BCUT2D eigenvalue weighted by Gasteiger charge is 2.42. The number of allylic oxidation sites excluding steroid dienone is 3.